The molecule has 38 heavy (non-hydrogen) atoms. The van der Waals surface area contributed by atoms with Gasteiger partial charge in [-0.05, 0) is 55.0 Å². The predicted octanol–water partition coefficient (Wildman–Crippen LogP) is 8.49. The molecule has 0 unspecified atom stereocenters. The van der Waals surface area contributed by atoms with Crippen molar-refractivity contribution in [3.63, 3.8) is 0 Å². The lowest BCUT2D eigenvalue weighted by molar-refractivity contribution is -0.422. The topological polar surface area (TPSA) is 92.8 Å². The Kier molecular flexibility index (Phi) is 13.3. The van der Waals surface area contributed by atoms with Gasteiger partial charge in [0.05, 0.1) is 21.2 Å². The van der Waals surface area contributed by atoms with Crippen LogP contribution in [0.15, 0.2) is 36.4 Å². The summed E-state index contributed by atoms with van der Waals surface area (Å²) in [6.45, 7) is 12.9. The number of nitrogens with zero attached hydrogens (tertiary/aromatic N) is 4. The minimum atomic E-state index is -0.722. The summed E-state index contributed by atoms with van der Waals surface area (Å²) in [5.41, 5.74) is 3.04. The van der Waals surface area contributed by atoms with E-state index in [2.05, 4.69) is 55.7 Å². The minimum Gasteiger partial charge on any atom is -0.370 e. The first-order valence-corrected chi connectivity index (χ1v) is 14.1. The Hall–Kier alpha value is -3.42. The number of nitro groups is 2. The van der Waals surface area contributed by atoms with Crippen molar-refractivity contribution in [2.24, 2.45) is 0 Å². The van der Waals surface area contributed by atoms with Crippen LogP contribution in [0.4, 0.5) is 22.7 Å². The second kappa shape index (κ2) is 16.4. The van der Waals surface area contributed by atoms with Gasteiger partial charge in [-0.3, -0.25) is 20.2 Å². The quantitative estimate of drug-likeness (QED) is 0.110. The zero-order valence-electron chi connectivity index (χ0n) is 23.5. The number of nitro benzene ring substituents is 2. The monoisotopic (exact) mass is 524 g/mol. The van der Waals surface area contributed by atoms with Crippen molar-refractivity contribution in [3.8, 4) is 0 Å². The minimum absolute atomic E-state index is 0.499. The Bertz CT molecular complexity index is 1050. The largest absolute Gasteiger partial charge is 0.370 e. The summed E-state index contributed by atoms with van der Waals surface area (Å²) in [4.78, 5) is 26.1. The molecule has 0 spiro atoms. The van der Waals surface area contributed by atoms with Crippen molar-refractivity contribution < 1.29 is 9.85 Å². The summed E-state index contributed by atoms with van der Waals surface area (Å²) in [5.74, 6) is 0. The van der Waals surface area contributed by atoms with Crippen molar-refractivity contribution in [2.45, 2.75) is 79.1 Å². The van der Waals surface area contributed by atoms with Crippen molar-refractivity contribution in [3.05, 3.63) is 67.8 Å². The van der Waals surface area contributed by atoms with E-state index in [0.717, 1.165) is 83.1 Å². The average Bonchev–Trinajstić information content (AvgIpc) is 2.92. The highest BCUT2D eigenvalue weighted by atomic mass is 16.6. The lowest BCUT2D eigenvalue weighted by atomic mass is 10.1. The molecule has 2 aromatic carbocycles. The molecule has 8 nitrogen and oxygen atoms in total. The van der Waals surface area contributed by atoms with Gasteiger partial charge in [0, 0.05) is 38.3 Å². The van der Waals surface area contributed by atoms with Crippen LogP contribution in [-0.4, -0.2) is 36.0 Å². The molecule has 0 fully saturated rings. The Balaban J connectivity index is 2.52. The first kappa shape index (κ1) is 30.8. The fourth-order valence-corrected chi connectivity index (χ4v) is 4.40. The molecule has 0 aliphatic heterocycles. The molecule has 0 bridgehead atoms. The molecule has 208 valence electrons. The van der Waals surface area contributed by atoms with E-state index in [1.807, 2.05) is 6.08 Å². The van der Waals surface area contributed by atoms with Crippen molar-refractivity contribution >= 4 is 34.9 Å². The zero-order chi connectivity index (χ0) is 27.9. The molecule has 0 radical (unpaired) electrons. The Morgan fingerprint density at radius 3 is 1.47 bits per heavy atom. The lowest BCUT2D eigenvalue weighted by Gasteiger charge is -2.33. The number of anilines is 2. The van der Waals surface area contributed by atoms with Gasteiger partial charge in [0.25, 0.3) is 0 Å². The first-order valence-electron chi connectivity index (χ1n) is 14.1. The Labute approximate surface area is 227 Å². The second-order valence-corrected chi connectivity index (χ2v) is 9.73. The SMILES string of the molecule is CCCCN(CCCC)c1ccc(C=Cc2ccc([N+](=O)[O-])c([N+](=O)[O-])c2)cc1N(CCCC)CCCC. The van der Waals surface area contributed by atoms with E-state index in [9.17, 15) is 20.2 Å². The molecule has 0 N–H and O–H groups in total. The van der Waals surface area contributed by atoms with Crippen molar-refractivity contribution in [2.75, 3.05) is 36.0 Å². The zero-order valence-corrected chi connectivity index (χ0v) is 23.5. The molecule has 0 saturated heterocycles. The summed E-state index contributed by atoms with van der Waals surface area (Å²) in [6.07, 6.45) is 12.8. The fraction of sp³-hybridized carbons (Fsp3) is 0.533. The maximum absolute atomic E-state index is 11.4. The fourth-order valence-electron chi connectivity index (χ4n) is 4.40. The van der Waals surface area contributed by atoms with E-state index in [4.69, 9.17) is 0 Å². The molecular formula is C30H44N4O4. The van der Waals surface area contributed by atoms with Crippen LogP contribution in [0, 0.1) is 20.2 Å². The molecule has 0 heterocycles. The molecule has 2 aromatic rings. The molecular weight excluding hydrogens is 480 g/mol. The normalized spacial score (nSPS) is 11.2. The Morgan fingerprint density at radius 2 is 1.03 bits per heavy atom. The van der Waals surface area contributed by atoms with E-state index in [1.54, 1.807) is 12.1 Å². The van der Waals surface area contributed by atoms with Crippen LogP contribution in [-0.2, 0) is 0 Å². The van der Waals surface area contributed by atoms with Gasteiger partial charge < -0.3 is 9.80 Å². The van der Waals surface area contributed by atoms with Gasteiger partial charge >= 0.3 is 11.4 Å². The van der Waals surface area contributed by atoms with Gasteiger partial charge in [-0.2, -0.15) is 0 Å². The molecule has 8 heteroatoms. The van der Waals surface area contributed by atoms with Gasteiger partial charge in [0.2, 0.25) is 0 Å². The number of unbranched alkanes of at least 4 members (excludes halogenated alkanes) is 4. The number of benzene rings is 2. The summed E-state index contributed by atoms with van der Waals surface area (Å²) in [6, 6.07) is 10.5. The Morgan fingerprint density at radius 1 is 0.605 bits per heavy atom. The van der Waals surface area contributed by atoms with Crippen LogP contribution in [0.25, 0.3) is 12.2 Å². The van der Waals surface area contributed by atoms with Crippen LogP contribution >= 0.6 is 0 Å². The smallest absolute Gasteiger partial charge is 0.346 e. The van der Waals surface area contributed by atoms with Gasteiger partial charge in [-0.25, -0.2) is 0 Å². The lowest BCUT2D eigenvalue weighted by Crippen LogP contribution is -2.31. The van der Waals surface area contributed by atoms with Crippen molar-refractivity contribution in [1.29, 1.82) is 0 Å². The van der Waals surface area contributed by atoms with Gasteiger partial charge in [-0.1, -0.05) is 71.6 Å². The second-order valence-electron chi connectivity index (χ2n) is 9.73. The van der Waals surface area contributed by atoms with Crippen LogP contribution < -0.4 is 9.80 Å². The van der Waals surface area contributed by atoms with Gasteiger partial charge in [0.1, 0.15) is 0 Å². The summed E-state index contributed by atoms with van der Waals surface area (Å²) in [5, 5.41) is 22.5. The standard InChI is InChI=1S/C30H44N4O4/c1-5-9-19-31(20-10-6-2)27-17-15-25(23-29(27)32(21-11-7-3)22-12-8-4)13-14-26-16-18-28(33(35)36)30(24-26)34(37)38/h13-18,23-24H,5-12,19-22H2,1-4H3. The summed E-state index contributed by atoms with van der Waals surface area (Å²) < 4.78 is 0. The summed E-state index contributed by atoms with van der Waals surface area (Å²) >= 11 is 0. The maximum Gasteiger partial charge on any atom is 0.346 e. The number of rotatable bonds is 18. The average molecular weight is 525 g/mol. The summed E-state index contributed by atoms with van der Waals surface area (Å²) in [7, 11) is 0. The molecule has 2 rings (SSSR count). The van der Waals surface area contributed by atoms with Gasteiger partial charge in [-0.15, -0.1) is 0 Å². The molecule has 0 aliphatic carbocycles. The molecule has 0 atom stereocenters. The van der Waals surface area contributed by atoms with Crippen LogP contribution in [0.3, 0.4) is 0 Å². The predicted molar refractivity (Wildman–Crippen MR) is 159 cm³/mol. The van der Waals surface area contributed by atoms with Gasteiger partial charge in [0.15, 0.2) is 0 Å². The third-order valence-corrected chi connectivity index (χ3v) is 6.67. The molecule has 0 amide bonds. The van der Waals surface area contributed by atoms with E-state index >= 15 is 0 Å². The highest BCUT2D eigenvalue weighted by molar-refractivity contribution is 5.79. The van der Waals surface area contributed by atoms with Crippen molar-refractivity contribution in [1.82, 2.24) is 0 Å². The third-order valence-electron chi connectivity index (χ3n) is 6.67. The number of hydrogen-bond acceptors (Lipinski definition) is 6. The van der Waals surface area contributed by atoms with Crippen LogP contribution in [0.2, 0.25) is 0 Å². The van der Waals surface area contributed by atoms with E-state index in [-0.39, 0.29) is 0 Å². The van der Waals surface area contributed by atoms with E-state index in [0.29, 0.717) is 5.56 Å². The molecule has 0 aliphatic rings. The van der Waals surface area contributed by atoms with E-state index in [1.165, 1.54) is 23.5 Å². The highest BCUT2D eigenvalue weighted by Crippen LogP contribution is 2.33. The maximum atomic E-state index is 11.4. The van der Waals surface area contributed by atoms with Crippen LogP contribution in [0.5, 0.6) is 0 Å². The number of hydrogen-bond donors (Lipinski definition) is 0. The highest BCUT2D eigenvalue weighted by Gasteiger charge is 2.23. The molecule has 0 saturated carbocycles. The first-order chi connectivity index (χ1) is 18.4. The van der Waals surface area contributed by atoms with E-state index < -0.39 is 21.2 Å². The molecule has 0 aromatic heterocycles. The van der Waals surface area contributed by atoms with Crippen LogP contribution in [0.1, 0.15) is 90.2 Å². The third kappa shape index (κ3) is 9.15.